The Morgan fingerprint density at radius 1 is 0.962 bits per heavy atom. The van der Waals surface area contributed by atoms with Gasteiger partial charge in [0.1, 0.15) is 5.70 Å². The Labute approximate surface area is 155 Å². The SMILES string of the molecule is O=C(Nc1cccc(Cl)c1)/C(=C/c1ccccc1)NC(=O)c1ccco1. The van der Waals surface area contributed by atoms with E-state index in [2.05, 4.69) is 10.6 Å². The van der Waals surface area contributed by atoms with Crippen molar-refractivity contribution in [1.29, 1.82) is 0 Å². The molecule has 0 aliphatic heterocycles. The molecule has 0 atom stereocenters. The van der Waals surface area contributed by atoms with Crippen molar-refractivity contribution in [1.82, 2.24) is 5.32 Å². The third-order valence-electron chi connectivity index (χ3n) is 3.43. The Morgan fingerprint density at radius 2 is 1.77 bits per heavy atom. The lowest BCUT2D eigenvalue weighted by atomic mass is 10.2. The summed E-state index contributed by atoms with van der Waals surface area (Å²) in [6.07, 6.45) is 2.97. The molecule has 3 rings (SSSR count). The van der Waals surface area contributed by atoms with Crippen LogP contribution in [0.1, 0.15) is 16.1 Å². The number of carbonyl (C=O) groups excluding carboxylic acids is 2. The van der Waals surface area contributed by atoms with Gasteiger partial charge in [0.15, 0.2) is 5.76 Å². The molecule has 130 valence electrons. The predicted octanol–water partition coefficient (Wildman–Crippen LogP) is 4.34. The third kappa shape index (κ3) is 4.62. The highest BCUT2D eigenvalue weighted by Gasteiger charge is 2.16. The van der Waals surface area contributed by atoms with E-state index in [-0.39, 0.29) is 11.5 Å². The minimum absolute atomic E-state index is 0.0811. The van der Waals surface area contributed by atoms with Crippen LogP contribution in [0.15, 0.2) is 83.1 Å². The highest BCUT2D eigenvalue weighted by Crippen LogP contribution is 2.16. The Bertz CT molecular complexity index is 935. The third-order valence-corrected chi connectivity index (χ3v) is 3.67. The van der Waals surface area contributed by atoms with Crippen LogP contribution in [-0.4, -0.2) is 11.8 Å². The summed E-state index contributed by atoms with van der Waals surface area (Å²) in [5.74, 6) is -0.881. The molecule has 26 heavy (non-hydrogen) atoms. The summed E-state index contributed by atoms with van der Waals surface area (Å²) in [4.78, 5) is 24.9. The molecule has 0 radical (unpaired) electrons. The van der Waals surface area contributed by atoms with E-state index in [0.717, 1.165) is 5.56 Å². The molecule has 6 heteroatoms. The highest BCUT2D eigenvalue weighted by molar-refractivity contribution is 6.31. The van der Waals surface area contributed by atoms with Gasteiger partial charge in [0.05, 0.1) is 6.26 Å². The zero-order valence-electron chi connectivity index (χ0n) is 13.6. The van der Waals surface area contributed by atoms with Gasteiger partial charge in [-0.2, -0.15) is 0 Å². The lowest BCUT2D eigenvalue weighted by Crippen LogP contribution is -2.30. The van der Waals surface area contributed by atoms with Crippen molar-refractivity contribution >= 4 is 35.2 Å². The Hall–Kier alpha value is -3.31. The largest absolute Gasteiger partial charge is 0.459 e. The number of halogens is 1. The molecule has 2 N–H and O–H groups in total. The summed E-state index contributed by atoms with van der Waals surface area (Å²) >= 11 is 5.94. The minimum atomic E-state index is -0.515. The molecule has 0 saturated heterocycles. The fraction of sp³-hybridized carbons (Fsp3) is 0. The number of nitrogens with one attached hydrogen (secondary N) is 2. The number of hydrogen-bond donors (Lipinski definition) is 2. The fourth-order valence-corrected chi connectivity index (χ4v) is 2.42. The molecule has 0 saturated carbocycles. The fourth-order valence-electron chi connectivity index (χ4n) is 2.23. The van der Waals surface area contributed by atoms with E-state index < -0.39 is 11.8 Å². The van der Waals surface area contributed by atoms with Crippen LogP contribution < -0.4 is 10.6 Å². The normalized spacial score (nSPS) is 11.0. The van der Waals surface area contributed by atoms with E-state index in [0.29, 0.717) is 10.7 Å². The maximum Gasteiger partial charge on any atom is 0.291 e. The van der Waals surface area contributed by atoms with Gasteiger partial charge in [-0.25, -0.2) is 0 Å². The van der Waals surface area contributed by atoms with Gasteiger partial charge >= 0.3 is 0 Å². The van der Waals surface area contributed by atoms with Gasteiger partial charge in [-0.3, -0.25) is 9.59 Å². The first-order valence-corrected chi connectivity index (χ1v) is 8.18. The van der Waals surface area contributed by atoms with Gasteiger partial charge in [-0.15, -0.1) is 0 Å². The zero-order chi connectivity index (χ0) is 18.4. The molecule has 0 spiro atoms. The topological polar surface area (TPSA) is 71.3 Å². The number of amides is 2. The van der Waals surface area contributed by atoms with Gasteiger partial charge in [0.25, 0.3) is 11.8 Å². The molecule has 0 bridgehead atoms. The quantitative estimate of drug-likeness (QED) is 0.660. The maximum atomic E-state index is 12.7. The van der Waals surface area contributed by atoms with E-state index in [1.165, 1.54) is 12.3 Å². The second-order valence-electron chi connectivity index (χ2n) is 5.36. The number of rotatable bonds is 5. The van der Waals surface area contributed by atoms with Crippen LogP contribution in [0.5, 0.6) is 0 Å². The van der Waals surface area contributed by atoms with E-state index in [4.69, 9.17) is 16.0 Å². The number of carbonyl (C=O) groups is 2. The molecule has 0 aliphatic rings. The average Bonchev–Trinajstić information content (AvgIpc) is 3.17. The second-order valence-corrected chi connectivity index (χ2v) is 5.80. The van der Waals surface area contributed by atoms with Crippen molar-refractivity contribution in [2.75, 3.05) is 5.32 Å². The standard InChI is InChI=1S/C20H15ClN2O3/c21-15-8-4-9-16(13-15)22-19(24)17(12-14-6-2-1-3-7-14)23-20(25)18-10-5-11-26-18/h1-13H,(H,22,24)(H,23,25)/b17-12-. The van der Waals surface area contributed by atoms with Crippen molar-refractivity contribution in [3.63, 3.8) is 0 Å². The molecule has 0 aliphatic carbocycles. The first-order chi connectivity index (χ1) is 12.6. The van der Waals surface area contributed by atoms with Gasteiger partial charge in [-0.05, 0) is 42.0 Å². The molecular weight excluding hydrogens is 352 g/mol. The van der Waals surface area contributed by atoms with Crippen LogP contribution in [-0.2, 0) is 4.79 Å². The number of benzene rings is 2. The summed E-state index contributed by atoms with van der Waals surface area (Å²) in [6, 6.07) is 19.1. The monoisotopic (exact) mass is 366 g/mol. The van der Waals surface area contributed by atoms with E-state index >= 15 is 0 Å². The average molecular weight is 367 g/mol. The second kappa shape index (κ2) is 8.18. The van der Waals surface area contributed by atoms with E-state index in [1.54, 1.807) is 36.4 Å². The lowest BCUT2D eigenvalue weighted by molar-refractivity contribution is -0.113. The highest BCUT2D eigenvalue weighted by atomic mass is 35.5. The number of furan rings is 1. The van der Waals surface area contributed by atoms with Crippen molar-refractivity contribution in [2.45, 2.75) is 0 Å². The summed E-state index contributed by atoms with van der Waals surface area (Å²) in [5.41, 5.74) is 1.37. The molecule has 0 fully saturated rings. The van der Waals surface area contributed by atoms with E-state index in [9.17, 15) is 9.59 Å². The van der Waals surface area contributed by atoms with Crippen LogP contribution in [0.25, 0.3) is 6.08 Å². The summed E-state index contributed by atoms with van der Waals surface area (Å²) < 4.78 is 5.07. The first kappa shape index (κ1) is 17.5. The van der Waals surface area contributed by atoms with Crippen LogP contribution >= 0.6 is 11.6 Å². The van der Waals surface area contributed by atoms with Crippen LogP contribution in [0, 0.1) is 0 Å². The van der Waals surface area contributed by atoms with Crippen molar-refractivity contribution in [3.8, 4) is 0 Å². The van der Waals surface area contributed by atoms with E-state index in [1.807, 2.05) is 30.3 Å². The smallest absolute Gasteiger partial charge is 0.291 e. The summed E-state index contributed by atoms with van der Waals surface area (Å²) in [5, 5.41) is 5.80. The summed E-state index contributed by atoms with van der Waals surface area (Å²) in [7, 11) is 0. The number of hydrogen-bond acceptors (Lipinski definition) is 3. The van der Waals surface area contributed by atoms with Gasteiger partial charge in [0, 0.05) is 10.7 Å². The Kier molecular flexibility index (Phi) is 5.51. The molecule has 1 heterocycles. The Balaban J connectivity index is 1.85. The van der Waals surface area contributed by atoms with Crippen LogP contribution in [0.2, 0.25) is 5.02 Å². The van der Waals surface area contributed by atoms with Crippen LogP contribution in [0.3, 0.4) is 0 Å². The first-order valence-electron chi connectivity index (χ1n) is 7.80. The molecule has 3 aromatic rings. The predicted molar refractivity (Wildman–Crippen MR) is 101 cm³/mol. The van der Waals surface area contributed by atoms with Gasteiger partial charge in [-0.1, -0.05) is 48.0 Å². The Morgan fingerprint density at radius 3 is 2.46 bits per heavy atom. The summed E-state index contributed by atoms with van der Waals surface area (Å²) in [6.45, 7) is 0. The minimum Gasteiger partial charge on any atom is -0.459 e. The number of anilines is 1. The van der Waals surface area contributed by atoms with Crippen molar-refractivity contribution < 1.29 is 14.0 Å². The zero-order valence-corrected chi connectivity index (χ0v) is 14.4. The molecule has 5 nitrogen and oxygen atoms in total. The lowest BCUT2D eigenvalue weighted by Gasteiger charge is -2.10. The molecule has 2 amide bonds. The molecule has 1 aromatic heterocycles. The molecule has 2 aromatic carbocycles. The van der Waals surface area contributed by atoms with Gasteiger partial charge < -0.3 is 15.1 Å². The van der Waals surface area contributed by atoms with Gasteiger partial charge in [0.2, 0.25) is 0 Å². The van der Waals surface area contributed by atoms with Crippen LogP contribution in [0.4, 0.5) is 5.69 Å². The van der Waals surface area contributed by atoms with Crippen molar-refractivity contribution in [2.24, 2.45) is 0 Å². The molecular formula is C20H15ClN2O3. The molecule has 0 unspecified atom stereocenters. The maximum absolute atomic E-state index is 12.7. The van der Waals surface area contributed by atoms with Crippen molar-refractivity contribution in [3.05, 3.63) is 95.0 Å².